The second kappa shape index (κ2) is 3.77. The molecule has 1 saturated heterocycles. The van der Waals surface area contributed by atoms with Crippen molar-refractivity contribution in [3.63, 3.8) is 0 Å². The highest BCUT2D eigenvalue weighted by Crippen LogP contribution is 2.24. The van der Waals surface area contributed by atoms with Gasteiger partial charge in [0.2, 0.25) is 0 Å². The van der Waals surface area contributed by atoms with E-state index in [0.717, 1.165) is 11.3 Å². The molecular weight excluding hydrogens is 212 g/mol. The van der Waals surface area contributed by atoms with Crippen molar-refractivity contribution in [3.8, 4) is 0 Å². The zero-order valence-electron chi connectivity index (χ0n) is 8.21. The van der Waals surface area contributed by atoms with Gasteiger partial charge in [0, 0.05) is 5.69 Å². The maximum atomic E-state index is 9.73. The summed E-state index contributed by atoms with van der Waals surface area (Å²) in [5, 5.41) is 22.1. The molecule has 0 spiro atoms. The molecule has 4 nitrogen and oxygen atoms in total. The van der Waals surface area contributed by atoms with E-state index in [4.69, 9.17) is 12.2 Å². The third-order valence-corrected chi connectivity index (χ3v) is 2.73. The Bertz CT molecular complexity index is 397. The number of para-hydroxylation sites is 1. The first kappa shape index (κ1) is 10.4. The highest BCUT2D eigenvalue weighted by molar-refractivity contribution is 7.80. The standard InChI is InChI=1S/C10H12N2O2S/c1-6-4-2-3-5-7(6)12-9(14)8(13)11-10(12)15/h2-5,8-9,13-14H,1H3,(H,11,15). The van der Waals surface area contributed by atoms with Crippen LogP contribution in [0.2, 0.25) is 0 Å². The van der Waals surface area contributed by atoms with Crippen molar-refractivity contribution >= 4 is 23.0 Å². The van der Waals surface area contributed by atoms with Crippen molar-refractivity contribution in [2.24, 2.45) is 0 Å². The lowest BCUT2D eigenvalue weighted by atomic mass is 10.2. The lowest BCUT2D eigenvalue weighted by Gasteiger charge is -2.22. The Morgan fingerprint density at radius 3 is 2.53 bits per heavy atom. The quantitative estimate of drug-likeness (QED) is 0.600. The Balaban J connectivity index is 2.39. The Morgan fingerprint density at radius 1 is 1.33 bits per heavy atom. The van der Waals surface area contributed by atoms with Crippen molar-refractivity contribution < 1.29 is 10.2 Å². The third kappa shape index (κ3) is 1.69. The van der Waals surface area contributed by atoms with Gasteiger partial charge in [-0.3, -0.25) is 4.90 Å². The predicted octanol–water partition coefficient (Wildman–Crippen LogP) is 0.326. The summed E-state index contributed by atoms with van der Waals surface area (Å²) in [6.45, 7) is 1.93. The van der Waals surface area contributed by atoms with Crippen LogP contribution in [0.1, 0.15) is 5.56 Å². The number of nitrogens with one attached hydrogen (secondary N) is 1. The average molecular weight is 224 g/mol. The minimum absolute atomic E-state index is 0.337. The summed E-state index contributed by atoms with van der Waals surface area (Å²) in [6.07, 6.45) is -2.06. The zero-order valence-corrected chi connectivity index (χ0v) is 9.03. The SMILES string of the molecule is Cc1ccccc1N1C(=S)NC(O)C1O. The molecule has 1 aliphatic rings. The van der Waals surface area contributed by atoms with E-state index in [0.29, 0.717) is 5.11 Å². The molecule has 0 aromatic heterocycles. The number of hydrogen-bond acceptors (Lipinski definition) is 3. The summed E-state index contributed by atoms with van der Waals surface area (Å²) >= 11 is 5.03. The maximum absolute atomic E-state index is 9.73. The van der Waals surface area contributed by atoms with Gasteiger partial charge in [-0.1, -0.05) is 18.2 Å². The Labute approximate surface area is 93.1 Å². The highest BCUT2D eigenvalue weighted by Gasteiger charge is 2.35. The number of anilines is 1. The van der Waals surface area contributed by atoms with Crippen LogP contribution >= 0.6 is 12.2 Å². The smallest absolute Gasteiger partial charge is 0.178 e. The number of aliphatic hydroxyl groups is 2. The molecule has 0 bridgehead atoms. The molecule has 80 valence electrons. The van der Waals surface area contributed by atoms with E-state index in [1.165, 1.54) is 4.90 Å². The Morgan fingerprint density at radius 2 is 2.00 bits per heavy atom. The molecule has 2 unspecified atom stereocenters. The number of benzene rings is 1. The van der Waals surface area contributed by atoms with Gasteiger partial charge >= 0.3 is 0 Å². The number of nitrogens with zero attached hydrogens (tertiary/aromatic N) is 1. The van der Waals surface area contributed by atoms with E-state index in [2.05, 4.69) is 5.32 Å². The molecule has 1 aromatic rings. The zero-order chi connectivity index (χ0) is 11.0. The van der Waals surface area contributed by atoms with Crippen LogP contribution in [0, 0.1) is 6.92 Å². The molecule has 0 aliphatic carbocycles. The van der Waals surface area contributed by atoms with E-state index in [-0.39, 0.29) is 0 Å². The van der Waals surface area contributed by atoms with Crippen molar-refractivity contribution in [2.75, 3.05) is 4.90 Å². The van der Waals surface area contributed by atoms with Gasteiger partial charge in [-0.05, 0) is 30.8 Å². The van der Waals surface area contributed by atoms with Crippen LogP contribution in [0.5, 0.6) is 0 Å². The second-order valence-corrected chi connectivity index (χ2v) is 3.85. The molecule has 5 heteroatoms. The number of aryl methyl sites for hydroxylation is 1. The summed E-state index contributed by atoms with van der Waals surface area (Å²) in [5.74, 6) is 0. The lowest BCUT2D eigenvalue weighted by molar-refractivity contribution is 0.0332. The summed E-state index contributed by atoms with van der Waals surface area (Å²) in [4.78, 5) is 1.51. The first-order valence-electron chi connectivity index (χ1n) is 4.63. The number of rotatable bonds is 1. The van der Waals surface area contributed by atoms with E-state index in [9.17, 15) is 10.2 Å². The molecule has 15 heavy (non-hydrogen) atoms. The van der Waals surface area contributed by atoms with Crippen LogP contribution in [0.3, 0.4) is 0 Å². The molecule has 1 aliphatic heterocycles. The van der Waals surface area contributed by atoms with Crippen molar-refractivity contribution in [1.82, 2.24) is 5.32 Å². The van der Waals surface area contributed by atoms with Gasteiger partial charge in [0.05, 0.1) is 0 Å². The summed E-state index contributed by atoms with van der Waals surface area (Å²) in [7, 11) is 0. The molecule has 2 atom stereocenters. The van der Waals surface area contributed by atoms with Crippen LogP contribution in [-0.4, -0.2) is 27.8 Å². The molecule has 1 heterocycles. The van der Waals surface area contributed by atoms with Crippen molar-refractivity contribution in [3.05, 3.63) is 29.8 Å². The summed E-state index contributed by atoms with van der Waals surface area (Å²) in [6, 6.07) is 7.55. The number of aliphatic hydroxyl groups excluding tert-OH is 2. The molecule has 1 fully saturated rings. The van der Waals surface area contributed by atoms with Gasteiger partial charge < -0.3 is 15.5 Å². The fourth-order valence-electron chi connectivity index (χ4n) is 1.62. The predicted molar refractivity (Wildman–Crippen MR) is 61.4 cm³/mol. The highest BCUT2D eigenvalue weighted by atomic mass is 32.1. The first-order chi connectivity index (χ1) is 7.11. The van der Waals surface area contributed by atoms with Gasteiger partial charge in [-0.25, -0.2) is 0 Å². The van der Waals surface area contributed by atoms with Crippen LogP contribution in [0.15, 0.2) is 24.3 Å². The molecule has 0 amide bonds. The average Bonchev–Trinajstić information content (AvgIpc) is 2.43. The largest absolute Gasteiger partial charge is 0.369 e. The fourth-order valence-corrected chi connectivity index (χ4v) is 1.94. The minimum Gasteiger partial charge on any atom is -0.369 e. The molecule has 1 aromatic carbocycles. The minimum atomic E-state index is -1.03. The van der Waals surface area contributed by atoms with E-state index in [1.807, 2.05) is 31.2 Å². The van der Waals surface area contributed by atoms with Crippen LogP contribution in [0.4, 0.5) is 5.69 Å². The normalized spacial score (nSPS) is 25.5. The van der Waals surface area contributed by atoms with Gasteiger partial charge in [-0.2, -0.15) is 0 Å². The van der Waals surface area contributed by atoms with Gasteiger partial charge in [0.25, 0.3) is 0 Å². The van der Waals surface area contributed by atoms with Crippen molar-refractivity contribution in [1.29, 1.82) is 0 Å². The van der Waals surface area contributed by atoms with E-state index >= 15 is 0 Å². The summed E-state index contributed by atoms with van der Waals surface area (Å²) < 4.78 is 0. The fraction of sp³-hybridized carbons (Fsp3) is 0.300. The number of thiocarbonyl (C=S) groups is 1. The molecule has 2 rings (SSSR count). The maximum Gasteiger partial charge on any atom is 0.178 e. The van der Waals surface area contributed by atoms with Crippen LogP contribution in [0.25, 0.3) is 0 Å². The van der Waals surface area contributed by atoms with Crippen LogP contribution in [-0.2, 0) is 0 Å². The first-order valence-corrected chi connectivity index (χ1v) is 5.03. The van der Waals surface area contributed by atoms with Gasteiger partial charge in [-0.15, -0.1) is 0 Å². The Kier molecular flexibility index (Phi) is 2.60. The number of hydrogen-bond donors (Lipinski definition) is 3. The molecule has 3 N–H and O–H groups in total. The molecule has 0 radical (unpaired) electrons. The molecular formula is C10H12N2O2S. The molecule has 0 saturated carbocycles. The van der Waals surface area contributed by atoms with Gasteiger partial charge in [0.1, 0.15) is 0 Å². The second-order valence-electron chi connectivity index (χ2n) is 3.46. The third-order valence-electron chi connectivity index (χ3n) is 2.41. The lowest BCUT2D eigenvalue weighted by Crippen LogP contribution is -2.36. The topological polar surface area (TPSA) is 55.7 Å². The monoisotopic (exact) mass is 224 g/mol. The van der Waals surface area contributed by atoms with Crippen LogP contribution < -0.4 is 10.2 Å². The van der Waals surface area contributed by atoms with Crippen molar-refractivity contribution in [2.45, 2.75) is 19.4 Å². The van der Waals surface area contributed by atoms with E-state index < -0.39 is 12.5 Å². The summed E-state index contributed by atoms with van der Waals surface area (Å²) in [5.41, 5.74) is 1.80. The van der Waals surface area contributed by atoms with Gasteiger partial charge in [0.15, 0.2) is 17.6 Å². The Hall–Kier alpha value is -1.17. The van der Waals surface area contributed by atoms with E-state index in [1.54, 1.807) is 0 Å².